The first-order valence-electron chi connectivity index (χ1n) is 8.30. The molecule has 1 fully saturated rings. The monoisotopic (exact) mass is 323 g/mol. The molecule has 1 aliphatic carbocycles. The maximum Gasteiger partial charge on any atom is 0.251 e. The summed E-state index contributed by atoms with van der Waals surface area (Å²) >= 11 is 0. The Kier molecular flexibility index (Phi) is 5.21. The van der Waals surface area contributed by atoms with Crippen molar-refractivity contribution in [3.05, 3.63) is 65.5 Å². The van der Waals surface area contributed by atoms with E-state index in [-0.39, 0.29) is 17.9 Å². The van der Waals surface area contributed by atoms with Gasteiger partial charge in [0.1, 0.15) is 0 Å². The van der Waals surface area contributed by atoms with Crippen LogP contribution in [0, 0.1) is 0 Å². The van der Waals surface area contributed by atoms with Crippen molar-refractivity contribution in [3.8, 4) is 0 Å². The maximum atomic E-state index is 12.3. The molecule has 0 aliphatic heterocycles. The van der Waals surface area contributed by atoms with Crippen molar-refractivity contribution < 1.29 is 9.59 Å². The lowest BCUT2D eigenvalue weighted by atomic mass is 10.1. The zero-order valence-corrected chi connectivity index (χ0v) is 13.5. The van der Waals surface area contributed by atoms with Crippen LogP contribution in [0.25, 0.3) is 0 Å². The maximum absolute atomic E-state index is 12.3. The van der Waals surface area contributed by atoms with Gasteiger partial charge in [-0.15, -0.1) is 0 Å². The van der Waals surface area contributed by atoms with Gasteiger partial charge in [0.05, 0.1) is 0 Å². The summed E-state index contributed by atoms with van der Waals surface area (Å²) in [6.45, 7) is 0.430. The number of benzene rings is 1. The first-order valence-corrected chi connectivity index (χ1v) is 8.30. The highest BCUT2D eigenvalue weighted by atomic mass is 16.2. The fourth-order valence-corrected chi connectivity index (χ4v) is 2.93. The number of aromatic nitrogens is 1. The van der Waals surface area contributed by atoms with Crippen molar-refractivity contribution in [1.29, 1.82) is 0 Å². The first kappa shape index (κ1) is 16.2. The van der Waals surface area contributed by atoms with Gasteiger partial charge in [0.2, 0.25) is 0 Å². The lowest BCUT2D eigenvalue weighted by Gasteiger charge is -2.12. The molecule has 2 aromatic rings. The number of rotatable bonds is 5. The molecule has 5 nitrogen and oxygen atoms in total. The average Bonchev–Trinajstić information content (AvgIpc) is 3.13. The van der Waals surface area contributed by atoms with Gasteiger partial charge < -0.3 is 10.6 Å². The van der Waals surface area contributed by atoms with E-state index in [2.05, 4.69) is 15.6 Å². The van der Waals surface area contributed by atoms with Crippen LogP contribution in [0.3, 0.4) is 0 Å². The number of hydrogen-bond donors (Lipinski definition) is 2. The SMILES string of the molecule is O=C(NCc1ccncc1)c1cccc(C(=O)NC2CCCC2)c1. The molecular weight excluding hydrogens is 302 g/mol. The van der Waals surface area contributed by atoms with E-state index in [1.165, 1.54) is 12.8 Å². The standard InChI is InChI=1S/C19H21N3O2/c23-18(21-13-14-8-10-20-11-9-14)15-4-3-5-16(12-15)19(24)22-17-6-1-2-7-17/h3-5,8-12,17H,1-2,6-7,13H2,(H,21,23)(H,22,24). The molecule has 0 unspecified atom stereocenters. The van der Waals surface area contributed by atoms with Crippen molar-refractivity contribution in [2.75, 3.05) is 0 Å². The molecule has 0 spiro atoms. The Labute approximate surface area is 141 Å². The molecule has 3 rings (SSSR count). The molecule has 1 aromatic carbocycles. The third kappa shape index (κ3) is 4.19. The number of nitrogens with zero attached hydrogens (tertiary/aromatic N) is 1. The van der Waals surface area contributed by atoms with Gasteiger partial charge in [0, 0.05) is 36.1 Å². The van der Waals surface area contributed by atoms with Gasteiger partial charge in [0.25, 0.3) is 11.8 Å². The first-order chi connectivity index (χ1) is 11.7. The lowest BCUT2D eigenvalue weighted by molar-refractivity contribution is 0.0938. The highest BCUT2D eigenvalue weighted by Gasteiger charge is 2.18. The molecule has 1 saturated carbocycles. The molecule has 0 saturated heterocycles. The van der Waals surface area contributed by atoms with E-state index in [1.54, 1.807) is 36.7 Å². The topological polar surface area (TPSA) is 71.1 Å². The van der Waals surface area contributed by atoms with E-state index >= 15 is 0 Å². The number of hydrogen-bond acceptors (Lipinski definition) is 3. The second kappa shape index (κ2) is 7.73. The summed E-state index contributed by atoms with van der Waals surface area (Å²) in [7, 11) is 0. The Balaban J connectivity index is 1.61. The molecule has 0 radical (unpaired) electrons. The Hall–Kier alpha value is -2.69. The third-order valence-electron chi connectivity index (χ3n) is 4.28. The Morgan fingerprint density at radius 3 is 2.38 bits per heavy atom. The van der Waals surface area contributed by atoms with Crippen LogP contribution in [0.5, 0.6) is 0 Å². The fraction of sp³-hybridized carbons (Fsp3) is 0.316. The predicted molar refractivity (Wildman–Crippen MR) is 91.6 cm³/mol. The minimum Gasteiger partial charge on any atom is -0.349 e. The van der Waals surface area contributed by atoms with Gasteiger partial charge in [0.15, 0.2) is 0 Å². The molecule has 24 heavy (non-hydrogen) atoms. The Morgan fingerprint density at radius 2 is 1.67 bits per heavy atom. The number of amides is 2. The van der Waals surface area contributed by atoms with E-state index < -0.39 is 0 Å². The highest BCUT2D eigenvalue weighted by molar-refractivity contribution is 5.99. The molecule has 0 bridgehead atoms. The zero-order chi connectivity index (χ0) is 16.8. The average molecular weight is 323 g/mol. The number of carbonyl (C=O) groups is 2. The third-order valence-corrected chi connectivity index (χ3v) is 4.28. The molecule has 5 heteroatoms. The minimum atomic E-state index is -0.192. The minimum absolute atomic E-state index is 0.106. The van der Waals surface area contributed by atoms with Crippen LogP contribution in [-0.2, 0) is 6.54 Å². The largest absolute Gasteiger partial charge is 0.349 e. The fourth-order valence-electron chi connectivity index (χ4n) is 2.93. The van der Waals surface area contributed by atoms with Crippen molar-refractivity contribution >= 4 is 11.8 Å². The second-order valence-electron chi connectivity index (χ2n) is 6.07. The summed E-state index contributed by atoms with van der Waals surface area (Å²) in [5.74, 6) is -0.298. The number of pyridine rings is 1. The molecule has 1 aromatic heterocycles. The summed E-state index contributed by atoms with van der Waals surface area (Å²) < 4.78 is 0. The van der Waals surface area contributed by atoms with Crippen molar-refractivity contribution in [1.82, 2.24) is 15.6 Å². The normalized spacial score (nSPS) is 14.3. The molecule has 2 N–H and O–H groups in total. The van der Waals surface area contributed by atoms with Gasteiger partial charge in [-0.2, -0.15) is 0 Å². The van der Waals surface area contributed by atoms with E-state index in [1.807, 2.05) is 12.1 Å². The van der Waals surface area contributed by atoms with Crippen LogP contribution in [0.15, 0.2) is 48.8 Å². The molecule has 1 aliphatic rings. The Bertz CT molecular complexity index is 710. The number of carbonyl (C=O) groups excluding carboxylic acids is 2. The smallest absolute Gasteiger partial charge is 0.251 e. The van der Waals surface area contributed by atoms with Crippen LogP contribution in [0.4, 0.5) is 0 Å². The summed E-state index contributed by atoms with van der Waals surface area (Å²) in [6, 6.07) is 10.8. The lowest BCUT2D eigenvalue weighted by Crippen LogP contribution is -2.32. The van der Waals surface area contributed by atoms with Crippen LogP contribution in [0.1, 0.15) is 52.0 Å². The molecule has 1 heterocycles. The van der Waals surface area contributed by atoms with E-state index in [4.69, 9.17) is 0 Å². The summed E-state index contributed by atoms with van der Waals surface area (Å²) in [6.07, 6.45) is 7.80. The molecular formula is C19H21N3O2. The predicted octanol–water partition coefficient (Wildman–Crippen LogP) is 2.68. The molecule has 0 atom stereocenters. The van der Waals surface area contributed by atoms with E-state index in [0.29, 0.717) is 17.7 Å². The van der Waals surface area contributed by atoms with E-state index in [0.717, 1.165) is 18.4 Å². The summed E-state index contributed by atoms with van der Waals surface area (Å²) in [5.41, 5.74) is 2.00. The number of nitrogens with one attached hydrogen (secondary N) is 2. The van der Waals surface area contributed by atoms with Crippen LogP contribution >= 0.6 is 0 Å². The Morgan fingerprint density at radius 1 is 1.00 bits per heavy atom. The quantitative estimate of drug-likeness (QED) is 0.888. The van der Waals surface area contributed by atoms with Crippen LogP contribution in [0.2, 0.25) is 0 Å². The van der Waals surface area contributed by atoms with Gasteiger partial charge in [-0.3, -0.25) is 14.6 Å². The van der Waals surface area contributed by atoms with Gasteiger partial charge in [-0.25, -0.2) is 0 Å². The zero-order valence-electron chi connectivity index (χ0n) is 13.5. The van der Waals surface area contributed by atoms with Gasteiger partial charge in [-0.05, 0) is 48.7 Å². The second-order valence-corrected chi connectivity index (χ2v) is 6.07. The summed E-state index contributed by atoms with van der Waals surface area (Å²) in [4.78, 5) is 28.5. The van der Waals surface area contributed by atoms with Crippen LogP contribution in [-0.4, -0.2) is 22.8 Å². The highest BCUT2D eigenvalue weighted by Crippen LogP contribution is 2.18. The van der Waals surface area contributed by atoms with E-state index in [9.17, 15) is 9.59 Å². The van der Waals surface area contributed by atoms with Gasteiger partial charge >= 0.3 is 0 Å². The van der Waals surface area contributed by atoms with Crippen LogP contribution < -0.4 is 10.6 Å². The van der Waals surface area contributed by atoms with Crippen molar-refractivity contribution in [2.24, 2.45) is 0 Å². The van der Waals surface area contributed by atoms with Crippen molar-refractivity contribution in [2.45, 2.75) is 38.3 Å². The molecule has 124 valence electrons. The van der Waals surface area contributed by atoms with Crippen molar-refractivity contribution in [3.63, 3.8) is 0 Å². The summed E-state index contributed by atoms with van der Waals surface area (Å²) in [5, 5.41) is 5.90. The van der Waals surface area contributed by atoms with Gasteiger partial charge in [-0.1, -0.05) is 18.9 Å². The molecule has 2 amide bonds.